The fraction of sp³-hybridized carbons (Fsp3) is 0.412. The molecular weight excluding hydrogens is 325 g/mol. The van der Waals surface area contributed by atoms with E-state index in [1.165, 1.54) is 23.4 Å². The van der Waals surface area contributed by atoms with Gasteiger partial charge in [0.2, 0.25) is 0 Å². The number of nitrogens with zero attached hydrogens (tertiary/aromatic N) is 3. The molecule has 1 aliphatic heterocycles. The summed E-state index contributed by atoms with van der Waals surface area (Å²) in [5.41, 5.74) is -0.288. The predicted octanol–water partition coefficient (Wildman–Crippen LogP) is 2.29. The third-order valence-electron chi connectivity index (χ3n) is 4.14. The predicted molar refractivity (Wildman–Crippen MR) is 91.5 cm³/mol. The van der Waals surface area contributed by atoms with Crippen LogP contribution in [0.15, 0.2) is 24.5 Å². The molecule has 25 heavy (non-hydrogen) atoms. The number of hydrogen-bond donors (Lipinski definition) is 2. The first kappa shape index (κ1) is 17.1. The Bertz CT molecular complexity index is 824. The average molecular weight is 345 g/mol. The summed E-state index contributed by atoms with van der Waals surface area (Å²) < 4.78 is 13.2. The van der Waals surface area contributed by atoms with Gasteiger partial charge in [-0.3, -0.25) is 9.69 Å². The van der Waals surface area contributed by atoms with Gasteiger partial charge in [0.15, 0.2) is 0 Å². The maximum atomic E-state index is 13.2. The molecule has 7 nitrogen and oxygen atoms in total. The summed E-state index contributed by atoms with van der Waals surface area (Å²) in [7, 11) is 0. The first-order valence-electron chi connectivity index (χ1n) is 8.17. The van der Waals surface area contributed by atoms with Gasteiger partial charge in [-0.1, -0.05) is 0 Å². The Morgan fingerprint density at radius 3 is 2.76 bits per heavy atom. The van der Waals surface area contributed by atoms with Crippen LogP contribution >= 0.6 is 0 Å². The summed E-state index contributed by atoms with van der Waals surface area (Å²) >= 11 is 0. The molecule has 0 saturated carbocycles. The molecule has 1 aliphatic rings. The normalized spacial score (nSPS) is 16.4. The maximum Gasteiger partial charge on any atom is 0.325 e. The minimum Gasteiger partial charge on any atom is -0.369 e. The van der Waals surface area contributed by atoms with Crippen LogP contribution in [0.4, 0.5) is 15.0 Å². The monoisotopic (exact) mass is 345 g/mol. The zero-order valence-corrected chi connectivity index (χ0v) is 14.2. The van der Waals surface area contributed by atoms with Gasteiger partial charge in [0.05, 0.1) is 5.52 Å². The molecule has 132 valence electrons. The number of hydrogen-bond acceptors (Lipinski definition) is 5. The van der Waals surface area contributed by atoms with Crippen molar-refractivity contribution >= 4 is 28.7 Å². The lowest BCUT2D eigenvalue weighted by molar-refractivity contribution is -0.130. The molecule has 0 bridgehead atoms. The largest absolute Gasteiger partial charge is 0.369 e. The second-order valence-corrected chi connectivity index (χ2v) is 6.53. The van der Waals surface area contributed by atoms with E-state index in [0.29, 0.717) is 30.8 Å². The number of fused-ring (bicyclic) bond motifs is 1. The van der Waals surface area contributed by atoms with Crippen molar-refractivity contribution in [2.75, 3.05) is 18.4 Å². The Labute approximate surface area is 144 Å². The van der Waals surface area contributed by atoms with Crippen molar-refractivity contribution in [1.82, 2.24) is 20.2 Å². The van der Waals surface area contributed by atoms with Crippen LogP contribution in [0, 0.1) is 5.82 Å². The van der Waals surface area contributed by atoms with E-state index in [0.717, 1.165) is 11.8 Å². The summed E-state index contributed by atoms with van der Waals surface area (Å²) in [5.74, 6) is 0.101. The van der Waals surface area contributed by atoms with Crippen LogP contribution in [-0.2, 0) is 4.79 Å². The maximum absolute atomic E-state index is 13.2. The number of anilines is 1. The van der Waals surface area contributed by atoms with Gasteiger partial charge in [-0.15, -0.1) is 0 Å². The molecular formula is C17H20FN5O2. The molecule has 0 atom stereocenters. The lowest BCUT2D eigenvalue weighted by atomic mass is 10.1. The molecule has 3 amide bonds. The van der Waals surface area contributed by atoms with Gasteiger partial charge in [-0.25, -0.2) is 19.2 Å². The third kappa shape index (κ3) is 3.52. The van der Waals surface area contributed by atoms with E-state index in [-0.39, 0.29) is 17.8 Å². The van der Waals surface area contributed by atoms with Gasteiger partial charge >= 0.3 is 6.03 Å². The Hall–Kier alpha value is -2.77. The number of carbonyl (C=O) groups is 2. The van der Waals surface area contributed by atoms with Crippen LogP contribution in [0.25, 0.3) is 10.9 Å². The van der Waals surface area contributed by atoms with Crippen LogP contribution in [0.3, 0.4) is 0 Å². The van der Waals surface area contributed by atoms with Crippen LogP contribution in [0.1, 0.15) is 26.7 Å². The van der Waals surface area contributed by atoms with Crippen LogP contribution < -0.4 is 10.6 Å². The van der Waals surface area contributed by atoms with E-state index in [1.807, 2.05) is 0 Å². The smallest absolute Gasteiger partial charge is 0.325 e. The number of rotatable bonds is 6. The number of unbranched alkanes of at least 4 members (excludes halogenated alkanes) is 1. The quantitative estimate of drug-likeness (QED) is 0.620. The first-order chi connectivity index (χ1) is 11.9. The molecule has 0 unspecified atom stereocenters. The van der Waals surface area contributed by atoms with Gasteiger partial charge in [0.25, 0.3) is 5.91 Å². The van der Waals surface area contributed by atoms with E-state index in [9.17, 15) is 14.0 Å². The standard InChI is InChI=1S/C17H20FN5O2/c1-17(2)15(24)23(16(25)22-17)8-4-3-7-19-14-12-6-5-11(18)9-13(12)20-10-21-14/h5-6,9-10H,3-4,7-8H2,1-2H3,(H,22,25)(H,19,20,21). The molecule has 1 aromatic heterocycles. The Kier molecular flexibility index (Phi) is 4.52. The lowest BCUT2D eigenvalue weighted by Gasteiger charge is -2.16. The van der Waals surface area contributed by atoms with E-state index in [4.69, 9.17) is 0 Å². The Balaban J connectivity index is 1.51. The highest BCUT2D eigenvalue weighted by molar-refractivity contribution is 6.06. The molecule has 0 radical (unpaired) electrons. The summed E-state index contributed by atoms with van der Waals surface area (Å²) in [6.07, 6.45) is 2.82. The highest BCUT2D eigenvalue weighted by atomic mass is 19.1. The highest BCUT2D eigenvalue weighted by Gasteiger charge is 2.43. The Morgan fingerprint density at radius 1 is 1.24 bits per heavy atom. The summed E-state index contributed by atoms with van der Waals surface area (Å²) in [4.78, 5) is 33.4. The molecule has 3 rings (SSSR count). The molecule has 2 aromatic rings. The molecule has 2 heterocycles. The van der Waals surface area contributed by atoms with Crippen molar-refractivity contribution in [2.24, 2.45) is 0 Å². The van der Waals surface area contributed by atoms with Crippen molar-refractivity contribution in [3.8, 4) is 0 Å². The Morgan fingerprint density at radius 2 is 2.04 bits per heavy atom. The van der Waals surface area contributed by atoms with Crippen LogP contribution in [0.5, 0.6) is 0 Å². The number of benzene rings is 1. The second-order valence-electron chi connectivity index (χ2n) is 6.53. The van der Waals surface area contributed by atoms with Gasteiger partial charge in [0.1, 0.15) is 23.5 Å². The van der Waals surface area contributed by atoms with E-state index < -0.39 is 5.54 Å². The van der Waals surface area contributed by atoms with Crippen molar-refractivity contribution in [1.29, 1.82) is 0 Å². The van der Waals surface area contributed by atoms with Gasteiger partial charge in [0, 0.05) is 24.5 Å². The summed E-state index contributed by atoms with van der Waals surface area (Å²) in [5, 5.41) is 6.60. The number of halogens is 1. The van der Waals surface area contributed by atoms with Crippen molar-refractivity contribution in [3.63, 3.8) is 0 Å². The molecule has 8 heteroatoms. The average Bonchev–Trinajstić information content (AvgIpc) is 2.75. The number of urea groups is 1. The molecule has 2 N–H and O–H groups in total. The van der Waals surface area contributed by atoms with E-state index >= 15 is 0 Å². The van der Waals surface area contributed by atoms with Crippen molar-refractivity contribution < 1.29 is 14.0 Å². The number of imide groups is 1. The van der Waals surface area contributed by atoms with Crippen molar-refractivity contribution in [2.45, 2.75) is 32.2 Å². The molecule has 1 aromatic carbocycles. The van der Waals surface area contributed by atoms with Gasteiger partial charge in [-0.2, -0.15) is 0 Å². The number of aromatic nitrogens is 2. The fourth-order valence-electron chi connectivity index (χ4n) is 2.79. The highest BCUT2D eigenvalue weighted by Crippen LogP contribution is 2.20. The lowest BCUT2D eigenvalue weighted by Crippen LogP contribution is -2.40. The molecule has 0 spiro atoms. The topological polar surface area (TPSA) is 87.2 Å². The number of carbonyl (C=O) groups excluding carboxylic acids is 2. The van der Waals surface area contributed by atoms with E-state index in [2.05, 4.69) is 20.6 Å². The van der Waals surface area contributed by atoms with Crippen LogP contribution in [0.2, 0.25) is 0 Å². The zero-order chi connectivity index (χ0) is 18.0. The third-order valence-corrected chi connectivity index (χ3v) is 4.14. The SMILES string of the molecule is CC1(C)NC(=O)N(CCCCNc2ncnc3cc(F)ccc23)C1=O. The minimum atomic E-state index is -0.829. The fourth-order valence-corrected chi connectivity index (χ4v) is 2.79. The van der Waals surface area contributed by atoms with Gasteiger partial charge in [-0.05, 0) is 38.8 Å². The second kappa shape index (κ2) is 6.62. The summed E-state index contributed by atoms with van der Waals surface area (Å²) in [6.45, 7) is 4.39. The molecule has 1 saturated heterocycles. The number of nitrogens with one attached hydrogen (secondary N) is 2. The summed E-state index contributed by atoms with van der Waals surface area (Å²) in [6, 6.07) is 4.03. The first-order valence-corrected chi connectivity index (χ1v) is 8.17. The zero-order valence-electron chi connectivity index (χ0n) is 14.2. The van der Waals surface area contributed by atoms with Crippen LogP contribution in [-0.4, -0.2) is 45.4 Å². The molecule has 1 fully saturated rings. The minimum absolute atomic E-state index is 0.200. The number of amides is 3. The molecule has 0 aliphatic carbocycles. The van der Waals surface area contributed by atoms with Crippen molar-refractivity contribution in [3.05, 3.63) is 30.3 Å². The van der Waals surface area contributed by atoms with E-state index in [1.54, 1.807) is 19.9 Å². The van der Waals surface area contributed by atoms with Gasteiger partial charge < -0.3 is 10.6 Å².